The molecule has 0 heterocycles. The van der Waals surface area contributed by atoms with Crippen LogP contribution in [-0.4, -0.2) is 70.0 Å². The number of phosphoric acid groups is 1. The molecule has 0 N–H and O–H groups in total. The minimum Gasteiger partial charge on any atom is -0.756 e. The van der Waals surface area contributed by atoms with Crippen LogP contribution in [0.1, 0.15) is 187 Å². The van der Waals surface area contributed by atoms with Crippen LogP contribution in [-0.2, 0) is 32.7 Å². The lowest BCUT2D eigenvalue weighted by Crippen LogP contribution is -2.37. The van der Waals surface area contributed by atoms with Crippen molar-refractivity contribution in [1.29, 1.82) is 0 Å². The molecule has 312 valence electrons. The molecular formula is C43H82NO8P. The Morgan fingerprint density at radius 2 is 1.04 bits per heavy atom. The summed E-state index contributed by atoms with van der Waals surface area (Å²) >= 11 is 0. The molecule has 0 aliphatic carbocycles. The predicted molar refractivity (Wildman–Crippen MR) is 218 cm³/mol. The second kappa shape index (κ2) is 36.1. The molecule has 0 radical (unpaired) electrons. The lowest BCUT2D eigenvalue weighted by molar-refractivity contribution is -0.870. The molecule has 0 aromatic heterocycles. The number of unbranched alkanes of at least 4 members (excludes halogenated alkanes) is 21. The maximum absolute atomic E-state index is 12.6. The fourth-order valence-electron chi connectivity index (χ4n) is 5.81. The third kappa shape index (κ3) is 40.0. The van der Waals surface area contributed by atoms with Crippen molar-refractivity contribution in [1.82, 2.24) is 0 Å². The first-order chi connectivity index (χ1) is 25.5. The van der Waals surface area contributed by atoms with Crippen LogP contribution in [0.4, 0.5) is 0 Å². The first-order valence-electron chi connectivity index (χ1n) is 21.5. The van der Waals surface area contributed by atoms with E-state index in [0.717, 1.165) is 38.5 Å². The lowest BCUT2D eigenvalue weighted by Gasteiger charge is -2.28. The fraction of sp³-hybridized carbons (Fsp3) is 0.860. The van der Waals surface area contributed by atoms with Crippen LogP contribution in [0, 0.1) is 0 Å². The van der Waals surface area contributed by atoms with Crippen molar-refractivity contribution in [2.45, 2.75) is 193 Å². The van der Waals surface area contributed by atoms with Gasteiger partial charge in [0.05, 0.1) is 27.7 Å². The van der Waals surface area contributed by atoms with E-state index in [-0.39, 0.29) is 26.1 Å². The molecule has 0 aromatic rings. The number of hydrogen-bond acceptors (Lipinski definition) is 8. The molecule has 0 saturated heterocycles. The first kappa shape index (κ1) is 51.5. The van der Waals surface area contributed by atoms with E-state index in [0.29, 0.717) is 17.4 Å². The number of hydrogen-bond donors (Lipinski definition) is 0. The summed E-state index contributed by atoms with van der Waals surface area (Å²) in [7, 11) is 1.15. The van der Waals surface area contributed by atoms with Crippen molar-refractivity contribution >= 4 is 19.8 Å². The van der Waals surface area contributed by atoms with E-state index < -0.39 is 32.5 Å². The third-order valence-electron chi connectivity index (χ3n) is 9.22. The summed E-state index contributed by atoms with van der Waals surface area (Å²) in [5, 5.41) is 0. The highest BCUT2D eigenvalue weighted by Gasteiger charge is 2.21. The number of esters is 2. The van der Waals surface area contributed by atoms with Crippen LogP contribution >= 0.6 is 7.82 Å². The molecule has 0 amide bonds. The molecule has 0 saturated carbocycles. The molecule has 10 heteroatoms. The fourth-order valence-corrected chi connectivity index (χ4v) is 6.54. The summed E-state index contributed by atoms with van der Waals surface area (Å²) < 4.78 is 33.8. The largest absolute Gasteiger partial charge is 0.756 e. The van der Waals surface area contributed by atoms with Gasteiger partial charge in [-0.2, -0.15) is 0 Å². The Hall–Kier alpha value is -1.51. The van der Waals surface area contributed by atoms with Gasteiger partial charge in [0.2, 0.25) is 0 Å². The molecule has 53 heavy (non-hydrogen) atoms. The van der Waals surface area contributed by atoms with Gasteiger partial charge in [0.1, 0.15) is 19.8 Å². The highest BCUT2D eigenvalue weighted by atomic mass is 31.2. The van der Waals surface area contributed by atoms with Gasteiger partial charge < -0.3 is 27.9 Å². The molecule has 9 nitrogen and oxygen atoms in total. The zero-order chi connectivity index (χ0) is 39.3. The molecule has 0 aliphatic rings. The second-order valence-corrected chi connectivity index (χ2v) is 17.1. The predicted octanol–water partition coefficient (Wildman–Crippen LogP) is 11.3. The van der Waals surface area contributed by atoms with Crippen molar-refractivity contribution in [2.24, 2.45) is 0 Å². The average Bonchev–Trinajstić information content (AvgIpc) is 3.10. The number of quaternary nitrogens is 1. The van der Waals surface area contributed by atoms with E-state index in [1.165, 1.54) is 116 Å². The Labute approximate surface area is 326 Å². The van der Waals surface area contributed by atoms with Gasteiger partial charge in [-0.25, -0.2) is 0 Å². The maximum atomic E-state index is 12.6. The lowest BCUT2D eigenvalue weighted by atomic mass is 10.0. The highest BCUT2D eigenvalue weighted by Crippen LogP contribution is 2.38. The van der Waals surface area contributed by atoms with Crippen LogP contribution in [0.5, 0.6) is 0 Å². The molecular weight excluding hydrogens is 689 g/mol. The monoisotopic (exact) mass is 772 g/mol. The van der Waals surface area contributed by atoms with E-state index in [1.54, 1.807) is 0 Å². The van der Waals surface area contributed by atoms with E-state index in [2.05, 4.69) is 38.2 Å². The van der Waals surface area contributed by atoms with E-state index in [4.69, 9.17) is 18.5 Å². The quantitative estimate of drug-likeness (QED) is 0.0200. The number of carbonyl (C=O) groups excluding carboxylic acids is 2. The summed E-state index contributed by atoms with van der Waals surface area (Å²) in [6, 6.07) is 0. The Morgan fingerprint density at radius 3 is 1.55 bits per heavy atom. The van der Waals surface area contributed by atoms with Gasteiger partial charge in [-0.05, 0) is 38.5 Å². The average molecular weight is 772 g/mol. The van der Waals surface area contributed by atoms with Crippen molar-refractivity contribution < 1.29 is 42.1 Å². The van der Waals surface area contributed by atoms with Gasteiger partial charge in [-0.3, -0.25) is 14.2 Å². The van der Waals surface area contributed by atoms with Gasteiger partial charge in [-0.15, -0.1) is 0 Å². The molecule has 0 aromatic carbocycles. The van der Waals surface area contributed by atoms with Gasteiger partial charge in [0.25, 0.3) is 7.82 Å². The summed E-state index contributed by atoms with van der Waals surface area (Å²) in [4.78, 5) is 37.4. The summed E-state index contributed by atoms with van der Waals surface area (Å²) in [5.74, 6) is -0.883. The van der Waals surface area contributed by atoms with Crippen LogP contribution in [0.2, 0.25) is 0 Å². The molecule has 0 fully saturated rings. The number of carbonyl (C=O) groups is 2. The van der Waals surface area contributed by atoms with Crippen molar-refractivity contribution in [3.05, 3.63) is 24.3 Å². The highest BCUT2D eigenvalue weighted by molar-refractivity contribution is 7.45. The number of allylic oxidation sites excluding steroid dienone is 4. The Balaban J connectivity index is 4.43. The SMILES string of the molecule is CCCCCCCCCCC/C=C/C/C=C/CCCC(=O)O[C@H](COC(=O)CCCCCCCCCCCCCC)COP(=O)([O-])OCC[N+](C)(C)C. The number of rotatable bonds is 39. The van der Waals surface area contributed by atoms with Crippen LogP contribution in [0.25, 0.3) is 0 Å². The van der Waals surface area contributed by atoms with Crippen LogP contribution < -0.4 is 4.89 Å². The maximum Gasteiger partial charge on any atom is 0.306 e. The molecule has 2 atom stereocenters. The topological polar surface area (TPSA) is 111 Å². The smallest absolute Gasteiger partial charge is 0.306 e. The first-order valence-corrected chi connectivity index (χ1v) is 23.0. The van der Waals surface area contributed by atoms with Gasteiger partial charge >= 0.3 is 11.9 Å². The molecule has 0 rings (SSSR count). The van der Waals surface area contributed by atoms with E-state index in [1.807, 2.05) is 21.1 Å². The number of phosphoric ester groups is 1. The van der Waals surface area contributed by atoms with Crippen molar-refractivity contribution in [3.63, 3.8) is 0 Å². The second-order valence-electron chi connectivity index (χ2n) is 15.7. The third-order valence-corrected chi connectivity index (χ3v) is 10.2. The minimum atomic E-state index is -4.63. The van der Waals surface area contributed by atoms with Crippen LogP contribution in [0.15, 0.2) is 24.3 Å². The zero-order valence-corrected chi connectivity index (χ0v) is 35.9. The van der Waals surface area contributed by atoms with Crippen molar-refractivity contribution in [3.8, 4) is 0 Å². The Morgan fingerprint density at radius 1 is 0.585 bits per heavy atom. The summed E-state index contributed by atoms with van der Waals surface area (Å²) in [5.41, 5.74) is 0. The normalized spacial score (nSPS) is 13.8. The van der Waals surface area contributed by atoms with Crippen LogP contribution in [0.3, 0.4) is 0 Å². The molecule has 0 bridgehead atoms. The Bertz CT molecular complexity index is 964. The Kier molecular flexibility index (Phi) is 35.1. The van der Waals surface area contributed by atoms with E-state index in [9.17, 15) is 19.0 Å². The van der Waals surface area contributed by atoms with E-state index >= 15 is 0 Å². The molecule has 0 aliphatic heterocycles. The number of likely N-dealkylation sites (N-methyl/N-ethyl adjacent to an activating group) is 1. The van der Waals surface area contributed by atoms with Crippen molar-refractivity contribution in [2.75, 3.05) is 47.5 Å². The molecule has 0 spiro atoms. The van der Waals surface area contributed by atoms with Gasteiger partial charge in [-0.1, -0.05) is 160 Å². The van der Waals surface area contributed by atoms with Gasteiger partial charge in [0, 0.05) is 12.8 Å². The summed E-state index contributed by atoms with van der Waals surface area (Å²) in [6.07, 6.45) is 37.8. The number of ether oxygens (including phenoxy) is 2. The zero-order valence-electron chi connectivity index (χ0n) is 35.0. The van der Waals surface area contributed by atoms with Gasteiger partial charge in [0.15, 0.2) is 6.10 Å². The molecule has 1 unspecified atom stereocenters. The number of nitrogens with zero attached hydrogens (tertiary/aromatic N) is 1. The summed E-state index contributed by atoms with van der Waals surface area (Å²) in [6.45, 7) is 4.18. The minimum absolute atomic E-state index is 0.0363. The standard InChI is InChI=1S/C43H82NO8P/c1-6-8-10-12-14-16-18-20-21-22-23-24-26-28-30-32-34-36-43(46)52-41(40-51-53(47,48)50-38-37-44(3,4)5)39-49-42(45)35-33-31-29-27-25-19-17-15-13-11-9-7-2/h23-24,28,30,41H,6-22,25-27,29,31-40H2,1-5H3/b24-23+,30-28+/t41-/m1/s1.